The van der Waals surface area contributed by atoms with Gasteiger partial charge in [-0.3, -0.25) is 4.79 Å². The second-order valence-corrected chi connectivity index (χ2v) is 6.96. The Bertz CT molecular complexity index is 607. The van der Waals surface area contributed by atoms with E-state index in [1.54, 1.807) is 4.90 Å². The molecule has 6 nitrogen and oxygen atoms in total. The second-order valence-electron chi connectivity index (χ2n) is 5.40. The molecular weight excluding hydrogens is 304 g/mol. The Hall–Kier alpha value is -1.44. The maximum atomic E-state index is 12.5. The molecule has 1 atom stereocenters. The number of hydrogen-bond donors (Lipinski definition) is 1. The van der Waals surface area contributed by atoms with E-state index in [9.17, 15) is 13.2 Å². The van der Waals surface area contributed by atoms with E-state index in [-0.39, 0.29) is 16.9 Å². The van der Waals surface area contributed by atoms with Crippen LogP contribution in [0.15, 0.2) is 29.2 Å². The zero-order valence-electron chi connectivity index (χ0n) is 12.7. The molecule has 0 spiro atoms. The smallest absolute Gasteiger partial charge is 0.253 e. The molecule has 2 rings (SSSR count). The van der Waals surface area contributed by atoms with Gasteiger partial charge in [0.2, 0.25) is 10.0 Å². The molecule has 0 saturated carbocycles. The number of hydrogen-bond acceptors (Lipinski definition) is 4. The number of primary sulfonamides is 1. The highest BCUT2D eigenvalue weighted by molar-refractivity contribution is 7.89. The number of carbonyl (C=O) groups is 1. The van der Waals surface area contributed by atoms with Gasteiger partial charge in [-0.25, -0.2) is 13.6 Å². The standard InChI is InChI=1S/C15H22N2O4S/c1-2-17(11-13-5-3-4-10-21-13)15(18)12-6-8-14(9-7-12)22(16,19)20/h6-9,13H,2-5,10-11H2,1H3,(H2,16,19,20)/t13-/m0/s1. The molecule has 1 aromatic carbocycles. The van der Waals surface area contributed by atoms with E-state index in [0.29, 0.717) is 18.7 Å². The van der Waals surface area contributed by atoms with Crippen LogP contribution in [-0.2, 0) is 14.8 Å². The summed E-state index contributed by atoms with van der Waals surface area (Å²) in [6, 6.07) is 5.69. The van der Waals surface area contributed by atoms with Gasteiger partial charge in [0.1, 0.15) is 0 Å². The molecule has 1 fully saturated rings. The van der Waals surface area contributed by atoms with Crippen LogP contribution in [0, 0.1) is 0 Å². The first-order valence-electron chi connectivity index (χ1n) is 7.45. The van der Waals surface area contributed by atoms with Gasteiger partial charge >= 0.3 is 0 Å². The lowest BCUT2D eigenvalue weighted by Gasteiger charge is -2.29. The third-order valence-corrected chi connectivity index (χ3v) is 4.73. The Morgan fingerprint density at radius 2 is 2.00 bits per heavy atom. The summed E-state index contributed by atoms with van der Waals surface area (Å²) in [5.41, 5.74) is 0.449. The number of nitrogens with two attached hydrogens (primary N) is 1. The van der Waals surface area contributed by atoms with E-state index in [4.69, 9.17) is 9.88 Å². The molecule has 0 unspecified atom stereocenters. The Labute approximate surface area is 131 Å². The summed E-state index contributed by atoms with van der Waals surface area (Å²) in [7, 11) is -3.74. The van der Waals surface area contributed by atoms with Crippen LogP contribution in [0.25, 0.3) is 0 Å². The molecule has 22 heavy (non-hydrogen) atoms. The monoisotopic (exact) mass is 326 g/mol. The summed E-state index contributed by atoms with van der Waals surface area (Å²) in [5, 5.41) is 5.05. The summed E-state index contributed by atoms with van der Waals surface area (Å²) < 4.78 is 28.1. The predicted octanol–water partition coefficient (Wildman–Crippen LogP) is 1.37. The van der Waals surface area contributed by atoms with Crippen LogP contribution in [-0.4, -0.2) is 45.0 Å². The van der Waals surface area contributed by atoms with Crippen LogP contribution in [0.5, 0.6) is 0 Å². The molecule has 1 aliphatic heterocycles. The molecule has 1 aliphatic rings. The molecule has 0 radical (unpaired) electrons. The van der Waals surface area contributed by atoms with Crippen LogP contribution in [0.1, 0.15) is 36.5 Å². The van der Waals surface area contributed by atoms with E-state index in [2.05, 4.69) is 0 Å². The summed E-state index contributed by atoms with van der Waals surface area (Å²) in [5.74, 6) is -0.127. The first-order valence-corrected chi connectivity index (χ1v) is 9.00. The lowest BCUT2D eigenvalue weighted by molar-refractivity contribution is -0.00311. The van der Waals surface area contributed by atoms with Crippen LogP contribution < -0.4 is 5.14 Å². The number of carbonyl (C=O) groups excluding carboxylic acids is 1. The molecule has 1 aromatic rings. The van der Waals surface area contributed by atoms with Crippen molar-refractivity contribution in [3.63, 3.8) is 0 Å². The average molecular weight is 326 g/mol. The highest BCUT2D eigenvalue weighted by atomic mass is 32.2. The Balaban J connectivity index is 2.07. The van der Waals surface area contributed by atoms with Crippen LogP contribution in [0.4, 0.5) is 0 Å². The molecule has 0 aliphatic carbocycles. The number of ether oxygens (including phenoxy) is 1. The van der Waals surface area contributed by atoms with E-state index in [1.807, 2.05) is 6.92 Å². The summed E-state index contributed by atoms with van der Waals surface area (Å²) in [6.45, 7) is 3.81. The number of rotatable bonds is 5. The zero-order valence-corrected chi connectivity index (χ0v) is 13.5. The average Bonchev–Trinajstić information content (AvgIpc) is 2.52. The summed E-state index contributed by atoms with van der Waals surface area (Å²) in [6.07, 6.45) is 3.25. The molecule has 7 heteroatoms. The van der Waals surface area contributed by atoms with Crippen LogP contribution in [0.2, 0.25) is 0 Å². The Morgan fingerprint density at radius 1 is 1.32 bits per heavy atom. The lowest BCUT2D eigenvalue weighted by Crippen LogP contribution is -2.39. The van der Waals surface area contributed by atoms with Crippen molar-refractivity contribution in [3.05, 3.63) is 29.8 Å². The van der Waals surface area contributed by atoms with Gasteiger partial charge in [0, 0.05) is 25.3 Å². The largest absolute Gasteiger partial charge is 0.376 e. The molecular formula is C15H22N2O4S. The number of amides is 1. The predicted molar refractivity (Wildman–Crippen MR) is 83.0 cm³/mol. The third-order valence-electron chi connectivity index (χ3n) is 3.80. The molecule has 2 N–H and O–H groups in total. The zero-order chi connectivity index (χ0) is 16.2. The van der Waals surface area contributed by atoms with Gasteiger partial charge in [-0.15, -0.1) is 0 Å². The molecule has 122 valence electrons. The minimum Gasteiger partial charge on any atom is -0.376 e. The number of benzene rings is 1. The highest BCUT2D eigenvalue weighted by Crippen LogP contribution is 2.16. The van der Waals surface area contributed by atoms with Gasteiger partial charge < -0.3 is 9.64 Å². The maximum Gasteiger partial charge on any atom is 0.253 e. The minimum absolute atomic E-state index is 0.00251. The Kier molecular flexibility index (Phi) is 5.55. The fourth-order valence-corrected chi connectivity index (χ4v) is 3.04. The maximum absolute atomic E-state index is 12.5. The number of nitrogens with zero attached hydrogens (tertiary/aromatic N) is 1. The van der Waals surface area contributed by atoms with Crippen molar-refractivity contribution in [1.29, 1.82) is 0 Å². The van der Waals surface area contributed by atoms with Gasteiger partial charge in [0.25, 0.3) is 5.91 Å². The van der Waals surface area contributed by atoms with Crippen molar-refractivity contribution in [3.8, 4) is 0 Å². The normalized spacial score (nSPS) is 18.9. The van der Waals surface area contributed by atoms with E-state index in [1.165, 1.54) is 24.3 Å². The van der Waals surface area contributed by atoms with Crippen LogP contribution >= 0.6 is 0 Å². The quantitative estimate of drug-likeness (QED) is 0.885. The second kappa shape index (κ2) is 7.21. The van der Waals surface area contributed by atoms with Gasteiger partial charge in [-0.1, -0.05) is 0 Å². The number of sulfonamides is 1. The summed E-state index contributed by atoms with van der Waals surface area (Å²) in [4.78, 5) is 14.2. The molecule has 1 amide bonds. The fraction of sp³-hybridized carbons (Fsp3) is 0.533. The first kappa shape index (κ1) is 16.9. The third kappa shape index (κ3) is 4.28. The molecule has 0 aromatic heterocycles. The summed E-state index contributed by atoms with van der Waals surface area (Å²) >= 11 is 0. The van der Waals surface area contributed by atoms with Crippen molar-refractivity contribution in [2.75, 3.05) is 19.7 Å². The van der Waals surface area contributed by atoms with Crippen molar-refractivity contribution in [1.82, 2.24) is 4.90 Å². The fourth-order valence-electron chi connectivity index (χ4n) is 2.52. The van der Waals surface area contributed by atoms with Crippen molar-refractivity contribution in [2.45, 2.75) is 37.2 Å². The van der Waals surface area contributed by atoms with Crippen molar-refractivity contribution < 1.29 is 17.9 Å². The highest BCUT2D eigenvalue weighted by Gasteiger charge is 2.21. The van der Waals surface area contributed by atoms with Gasteiger partial charge in [-0.05, 0) is 50.5 Å². The minimum atomic E-state index is -3.74. The topological polar surface area (TPSA) is 89.7 Å². The van der Waals surface area contributed by atoms with E-state index in [0.717, 1.165) is 25.9 Å². The van der Waals surface area contributed by atoms with Gasteiger partial charge in [0.15, 0.2) is 0 Å². The van der Waals surface area contributed by atoms with Gasteiger partial charge in [-0.2, -0.15) is 0 Å². The van der Waals surface area contributed by atoms with Crippen molar-refractivity contribution >= 4 is 15.9 Å². The molecule has 1 saturated heterocycles. The van der Waals surface area contributed by atoms with Crippen LogP contribution in [0.3, 0.4) is 0 Å². The molecule has 1 heterocycles. The van der Waals surface area contributed by atoms with Crippen molar-refractivity contribution in [2.24, 2.45) is 5.14 Å². The SMILES string of the molecule is CCN(C[C@@H]1CCCCO1)C(=O)c1ccc(S(N)(=O)=O)cc1. The Morgan fingerprint density at radius 3 is 2.50 bits per heavy atom. The number of likely N-dealkylation sites (N-methyl/N-ethyl adjacent to an activating group) is 1. The lowest BCUT2D eigenvalue weighted by atomic mass is 10.1. The molecule has 0 bridgehead atoms. The van der Waals surface area contributed by atoms with E-state index < -0.39 is 10.0 Å². The van der Waals surface area contributed by atoms with E-state index >= 15 is 0 Å². The van der Waals surface area contributed by atoms with Gasteiger partial charge in [0.05, 0.1) is 11.0 Å². The first-order chi connectivity index (χ1) is 10.4.